The van der Waals surface area contributed by atoms with Crippen molar-refractivity contribution in [3.05, 3.63) is 41.2 Å². The van der Waals surface area contributed by atoms with Crippen LogP contribution in [0.3, 0.4) is 0 Å². The minimum Gasteiger partial charge on any atom is -0.496 e. The second kappa shape index (κ2) is 4.61. The lowest BCUT2D eigenvalue weighted by Gasteiger charge is -2.32. The molecule has 0 spiro atoms. The summed E-state index contributed by atoms with van der Waals surface area (Å²) in [5, 5.41) is 19.6. The van der Waals surface area contributed by atoms with Crippen LogP contribution < -0.4 is 0 Å². The number of aliphatic hydroxyl groups excluding tert-OH is 1. The summed E-state index contributed by atoms with van der Waals surface area (Å²) in [4.78, 5) is 13.6. The molecule has 2 heterocycles. The van der Waals surface area contributed by atoms with Gasteiger partial charge in [0.1, 0.15) is 12.1 Å². The first-order valence-electron chi connectivity index (χ1n) is 6.58. The van der Waals surface area contributed by atoms with Crippen LogP contribution in [0, 0.1) is 0 Å². The Morgan fingerprint density at radius 3 is 2.95 bits per heavy atom. The van der Waals surface area contributed by atoms with Crippen molar-refractivity contribution < 1.29 is 19.7 Å². The summed E-state index contributed by atoms with van der Waals surface area (Å²) in [7, 11) is 1.74. The molecule has 20 heavy (non-hydrogen) atoms. The van der Waals surface area contributed by atoms with E-state index in [0.717, 1.165) is 11.1 Å². The van der Waals surface area contributed by atoms with Gasteiger partial charge in [0.05, 0.1) is 12.4 Å². The van der Waals surface area contributed by atoms with Crippen molar-refractivity contribution in [3.63, 3.8) is 0 Å². The molecule has 1 fully saturated rings. The molecule has 3 rings (SSSR count). The summed E-state index contributed by atoms with van der Waals surface area (Å²) in [5.74, 6) is -0.927. The molecule has 0 radical (unpaired) electrons. The molecule has 5 nitrogen and oxygen atoms in total. The zero-order valence-electron chi connectivity index (χ0n) is 11.2. The van der Waals surface area contributed by atoms with E-state index in [-0.39, 0.29) is 6.42 Å². The Balaban J connectivity index is 2.09. The molecule has 0 aromatic heterocycles. The largest absolute Gasteiger partial charge is 0.496 e. The standard InChI is InChI=1S/C15H17NO4/c1-16-8-13(17)7-15(16,14(18)19)12-3-2-10-4-5-20-9-11(10)6-12/h2-6,13,17H,7-9H2,1H3,(H,18,19). The summed E-state index contributed by atoms with van der Waals surface area (Å²) in [5.41, 5.74) is 1.55. The summed E-state index contributed by atoms with van der Waals surface area (Å²) >= 11 is 0. The molecule has 2 aliphatic heterocycles. The average Bonchev–Trinajstić information content (AvgIpc) is 2.74. The highest BCUT2D eigenvalue weighted by Crippen LogP contribution is 2.39. The Morgan fingerprint density at radius 2 is 2.30 bits per heavy atom. The summed E-state index contributed by atoms with van der Waals surface area (Å²) in [6, 6.07) is 5.62. The SMILES string of the molecule is CN1CC(O)CC1(C(=O)O)c1ccc2c(c1)COC=C2. The molecule has 0 bridgehead atoms. The van der Waals surface area contributed by atoms with Gasteiger partial charge in [-0.25, -0.2) is 4.79 Å². The van der Waals surface area contributed by atoms with Crippen LogP contribution >= 0.6 is 0 Å². The third-order valence-electron chi connectivity index (χ3n) is 4.22. The van der Waals surface area contributed by atoms with Crippen molar-refractivity contribution in [3.8, 4) is 0 Å². The van der Waals surface area contributed by atoms with Crippen molar-refractivity contribution in [2.24, 2.45) is 0 Å². The fourth-order valence-electron chi connectivity index (χ4n) is 3.16. The summed E-state index contributed by atoms with van der Waals surface area (Å²) in [6.07, 6.45) is 3.08. The number of nitrogens with zero attached hydrogens (tertiary/aromatic N) is 1. The van der Waals surface area contributed by atoms with Crippen LogP contribution in [0.2, 0.25) is 0 Å². The number of carbonyl (C=O) groups is 1. The number of benzene rings is 1. The second-order valence-corrected chi connectivity index (χ2v) is 5.43. The van der Waals surface area contributed by atoms with Crippen molar-refractivity contribution >= 4 is 12.0 Å². The van der Waals surface area contributed by atoms with E-state index in [9.17, 15) is 15.0 Å². The first-order chi connectivity index (χ1) is 9.54. The fraction of sp³-hybridized carbons (Fsp3) is 0.400. The van der Waals surface area contributed by atoms with Gasteiger partial charge in [-0.1, -0.05) is 12.1 Å². The summed E-state index contributed by atoms with van der Waals surface area (Å²) in [6.45, 7) is 0.807. The molecular formula is C15H17NO4. The van der Waals surface area contributed by atoms with Gasteiger partial charge in [0, 0.05) is 13.0 Å². The third kappa shape index (κ3) is 1.82. The van der Waals surface area contributed by atoms with Crippen LogP contribution in [0.1, 0.15) is 23.1 Å². The average molecular weight is 275 g/mol. The molecule has 0 saturated carbocycles. The first kappa shape index (κ1) is 13.1. The van der Waals surface area contributed by atoms with Crippen LogP contribution in [0.4, 0.5) is 0 Å². The van der Waals surface area contributed by atoms with E-state index in [1.807, 2.05) is 24.3 Å². The molecule has 106 valence electrons. The predicted molar refractivity (Wildman–Crippen MR) is 72.8 cm³/mol. The highest BCUT2D eigenvalue weighted by molar-refractivity contribution is 5.81. The number of likely N-dealkylation sites (tertiary alicyclic amines) is 1. The molecule has 1 aromatic carbocycles. The Bertz CT molecular complexity index is 583. The number of β-amino-alcohol motifs (C(OH)–C–C–N with tert-alkyl or cyclic N) is 1. The molecule has 0 amide bonds. The first-order valence-corrected chi connectivity index (χ1v) is 6.58. The number of fused-ring (bicyclic) bond motifs is 1. The van der Waals surface area contributed by atoms with Crippen LogP contribution in [-0.4, -0.2) is 40.8 Å². The van der Waals surface area contributed by atoms with Crippen molar-refractivity contribution in [1.82, 2.24) is 4.90 Å². The van der Waals surface area contributed by atoms with E-state index in [2.05, 4.69) is 0 Å². The Labute approximate surface area is 117 Å². The van der Waals surface area contributed by atoms with Gasteiger partial charge in [-0.05, 0) is 35.9 Å². The molecule has 2 aliphatic rings. The number of likely N-dealkylation sites (N-methyl/N-ethyl adjacent to an activating group) is 1. The number of hydrogen-bond acceptors (Lipinski definition) is 4. The molecule has 2 unspecified atom stereocenters. The van der Waals surface area contributed by atoms with Crippen molar-refractivity contribution in [1.29, 1.82) is 0 Å². The molecule has 2 atom stereocenters. The Kier molecular flexibility index (Phi) is 3.03. The molecule has 1 saturated heterocycles. The zero-order valence-corrected chi connectivity index (χ0v) is 11.2. The second-order valence-electron chi connectivity index (χ2n) is 5.43. The van der Waals surface area contributed by atoms with Crippen LogP contribution in [0.25, 0.3) is 6.08 Å². The van der Waals surface area contributed by atoms with Crippen LogP contribution in [0.15, 0.2) is 24.5 Å². The third-order valence-corrected chi connectivity index (χ3v) is 4.22. The number of carboxylic acid groups (broad SMARTS) is 1. The molecular weight excluding hydrogens is 258 g/mol. The molecule has 5 heteroatoms. The number of ether oxygens (including phenoxy) is 1. The smallest absolute Gasteiger partial charge is 0.328 e. The normalized spacial score (nSPS) is 29.0. The monoisotopic (exact) mass is 275 g/mol. The van der Waals surface area contributed by atoms with E-state index >= 15 is 0 Å². The molecule has 1 aromatic rings. The van der Waals surface area contributed by atoms with E-state index in [4.69, 9.17) is 4.74 Å². The molecule has 0 aliphatic carbocycles. The van der Waals surface area contributed by atoms with E-state index in [0.29, 0.717) is 18.7 Å². The Hall–Kier alpha value is -1.85. The highest BCUT2D eigenvalue weighted by Gasteiger charge is 2.51. The molecule has 2 N–H and O–H groups in total. The van der Waals surface area contributed by atoms with Gasteiger partial charge in [0.2, 0.25) is 0 Å². The quantitative estimate of drug-likeness (QED) is 0.847. The number of rotatable bonds is 2. The number of aliphatic carboxylic acids is 1. The minimum atomic E-state index is -1.16. The van der Waals surface area contributed by atoms with Gasteiger partial charge in [-0.2, -0.15) is 0 Å². The maximum atomic E-state index is 11.9. The lowest BCUT2D eigenvalue weighted by Crippen LogP contribution is -2.45. The van der Waals surface area contributed by atoms with Gasteiger partial charge >= 0.3 is 5.97 Å². The zero-order chi connectivity index (χ0) is 14.3. The van der Waals surface area contributed by atoms with Gasteiger partial charge in [-0.15, -0.1) is 0 Å². The van der Waals surface area contributed by atoms with E-state index in [1.54, 1.807) is 18.2 Å². The minimum absolute atomic E-state index is 0.203. The number of carboxylic acids is 1. The maximum absolute atomic E-state index is 11.9. The predicted octanol–water partition coefficient (Wildman–Crippen LogP) is 1.16. The lowest BCUT2D eigenvalue weighted by atomic mass is 9.85. The van der Waals surface area contributed by atoms with E-state index in [1.165, 1.54) is 0 Å². The van der Waals surface area contributed by atoms with Gasteiger partial charge < -0.3 is 14.9 Å². The van der Waals surface area contributed by atoms with E-state index < -0.39 is 17.6 Å². The fourth-order valence-corrected chi connectivity index (χ4v) is 3.16. The maximum Gasteiger partial charge on any atom is 0.328 e. The van der Waals surface area contributed by atoms with Crippen LogP contribution in [-0.2, 0) is 21.7 Å². The Morgan fingerprint density at radius 1 is 1.50 bits per heavy atom. The van der Waals surface area contributed by atoms with Crippen LogP contribution in [0.5, 0.6) is 0 Å². The topological polar surface area (TPSA) is 70.0 Å². The number of hydrogen-bond donors (Lipinski definition) is 2. The van der Waals surface area contributed by atoms with Crippen molar-refractivity contribution in [2.45, 2.75) is 24.7 Å². The summed E-state index contributed by atoms with van der Waals surface area (Å²) < 4.78 is 5.26. The van der Waals surface area contributed by atoms with Crippen molar-refractivity contribution in [2.75, 3.05) is 13.6 Å². The van der Waals surface area contributed by atoms with Gasteiger partial charge in [0.15, 0.2) is 0 Å². The lowest BCUT2D eigenvalue weighted by molar-refractivity contribution is -0.149. The highest BCUT2D eigenvalue weighted by atomic mass is 16.5. The number of aliphatic hydroxyl groups is 1. The van der Waals surface area contributed by atoms with Gasteiger partial charge in [-0.3, -0.25) is 4.90 Å². The van der Waals surface area contributed by atoms with Gasteiger partial charge in [0.25, 0.3) is 0 Å².